The number of amides is 1. The molecule has 4 rings (SSSR count). The van der Waals surface area contributed by atoms with Crippen molar-refractivity contribution in [2.45, 2.75) is 0 Å². The van der Waals surface area contributed by atoms with Crippen molar-refractivity contribution in [2.75, 3.05) is 12.0 Å². The van der Waals surface area contributed by atoms with Crippen molar-refractivity contribution >= 4 is 56.7 Å². The van der Waals surface area contributed by atoms with Gasteiger partial charge in [-0.3, -0.25) is 9.69 Å². The second-order valence-electron chi connectivity index (χ2n) is 5.76. The second-order valence-corrected chi connectivity index (χ2v) is 7.43. The summed E-state index contributed by atoms with van der Waals surface area (Å²) in [6.07, 6.45) is 1.91. The largest absolute Gasteiger partial charge is 0.495 e. The van der Waals surface area contributed by atoms with E-state index < -0.39 is 0 Å². The van der Waals surface area contributed by atoms with E-state index in [9.17, 15) is 4.79 Å². The van der Waals surface area contributed by atoms with E-state index in [4.69, 9.17) is 17.0 Å². The van der Waals surface area contributed by atoms with E-state index >= 15 is 0 Å². The van der Waals surface area contributed by atoms with Crippen LogP contribution in [0.4, 0.5) is 5.69 Å². The summed E-state index contributed by atoms with van der Waals surface area (Å²) in [6.45, 7) is 0. The summed E-state index contributed by atoms with van der Waals surface area (Å²) in [5.74, 6) is 0.493. The molecule has 5 heteroatoms. The molecule has 0 radical (unpaired) electrons. The van der Waals surface area contributed by atoms with E-state index in [0.717, 1.165) is 16.3 Å². The molecular weight excluding hydrogens is 362 g/mol. The van der Waals surface area contributed by atoms with E-state index in [1.165, 1.54) is 16.7 Å². The molecule has 0 N–H and O–H groups in total. The zero-order valence-electron chi connectivity index (χ0n) is 14.0. The number of fused-ring (bicyclic) bond motifs is 1. The van der Waals surface area contributed by atoms with Crippen LogP contribution >= 0.6 is 24.0 Å². The molecule has 1 heterocycles. The molecule has 3 nitrogen and oxygen atoms in total. The first-order valence-corrected chi connectivity index (χ1v) is 9.30. The quantitative estimate of drug-likeness (QED) is 0.460. The van der Waals surface area contributed by atoms with Gasteiger partial charge < -0.3 is 4.74 Å². The lowest BCUT2D eigenvalue weighted by atomic mass is 10.0. The summed E-state index contributed by atoms with van der Waals surface area (Å²) >= 11 is 6.78. The van der Waals surface area contributed by atoms with E-state index in [1.807, 2.05) is 54.6 Å². The first-order valence-electron chi connectivity index (χ1n) is 8.08. The zero-order valence-corrected chi connectivity index (χ0v) is 15.6. The molecule has 0 aliphatic carbocycles. The molecule has 0 saturated carbocycles. The van der Waals surface area contributed by atoms with Crippen molar-refractivity contribution in [3.63, 3.8) is 0 Å². The molecule has 0 aromatic heterocycles. The Hall–Kier alpha value is -2.63. The molecular formula is C21H15NO2S2. The molecule has 1 aliphatic heterocycles. The molecule has 0 atom stereocenters. The summed E-state index contributed by atoms with van der Waals surface area (Å²) < 4.78 is 5.89. The van der Waals surface area contributed by atoms with Crippen LogP contribution in [0.3, 0.4) is 0 Å². The highest BCUT2D eigenvalue weighted by atomic mass is 32.2. The Labute approximate surface area is 161 Å². The van der Waals surface area contributed by atoms with Crippen molar-refractivity contribution in [1.29, 1.82) is 0 Å². The Balaban J connectivity index is 1.76. The van der Waals surface area contributed by atoms with Crippen LogP contribution in [0.1, 0.15) is 5.56 Å². The number of thiocarbonyl (C=S) groups is 1. The minimum absolute atomic E-state index is 0.127. The van der Waals surface area contributed by atoms with Crippen molar-refractivity contribution in [2.24, 2.45) is 0 Å². The molecule has 0 bridgehead atoms. The smallest absolute Gasteiger partial charge is 0.270 e. The van der Waals surface area contributed by atoms with Crippen LogP contribution in [-0.2, 0) is 4.79 Å². The summed E-state index contributed by atoms with van der Waals surface area (Å²) in [6, 6.07) is 21.6. The van der Waals surface area contributed by atoms with Gasteiger partial charge in [-0.2, -0.15) is 0 Å². The van der Waals surface area contributed by atoms with Gasteiger partial charge in [-0.1, -0.05) is 78.6 Å². The maximum Gasteiger partial charge on any atom is 0.270 e. The normalized spacial score (nSPS) is 15.9. The lowest BCUT2D eigenvalue weighted by Gasteiger charge is -2.17. The van der Waals surface area contributed by atoms with Gasteiger partial charge in [0, 0.05) is 0 Å². The van der Waals surface area contributed by atoms with Gasteiger partial charge in [0.15, 0.2) is 4.32 Å². The number of ether oxygens (including phenoxy) is 1. The van der Waals surface area contributed by atoms with Gasteiger partial charge in [0.1, 0.15) is 5.75 Å². The van der Waals surface area contributed by atoms with E-state index in [-0.39, 0.29) is 5.91 Å². The second kappa shape index (κ2) is 6.94. The Morgan fingerprint density at radius 1 is 1.00 bits per heavy atom. The fourth-order valence-electron chi connectivity index (χ4n) is 3.01. The van der Waals surface area contributed by atoms with E-state index in [1.54, 1.807) is 7.11 Å². The summed E-state index contributed by atoms with van der Waals surface area (Å²) in [5.41, 5.74) is 1.67. The van der Waals surface area contributed by atoms with Gasteiger partial charge in [0.2, 0.25) is 0 Å². The van der Waals surface area contributed by atoms with Crippen LogP contribution in [0.5, 0.6) is 5.75 Å². The first-order chi connectivity index (χ1) is 12.7. The SMILES string of the molecule is COc1ccccc1N1C(=O)C(=Cc2cccc3ccccc23)SC1=S. The molecule has 1 aliphatic rings. The third-order valence-corrected chi connectivity index (χ3v) is 5.53. The average molecular weight is 377 g/mol. The number of para-hydroxylation sites is 2. The van der Waals surface area contributed by atoms with E-state index in [2.05, 4.69) is 18.2 Å². The molecule has 3 aromatic rings. The van der Waals surface area contributed by atoms with Crippen molar-refractivity contribution in [1.82, 2.24) is 0 Å². The number of carbonyl (C=O) groups excluding carboxylic acids is 1. The number of anilines is 1. The highest BCUT2D eigenvalue weighted by molar-refractivity contribution is 8.27. The summed E-state index contributed by atoms with van der Waals surface area (Å²) in [4.78, 5) is 15.2. The molecule has 0 unspecified atom stereocenters. The lowest BCUT2D eigenvalue weighted by Crippen LogP contribution is -2.27. The van der Waals surface area contributed by atoms with Gasteiger partial charge >= 0.3 is 0 Å². The number of methoxy groups -OCH3 is 1. The number of hydrogen-bond acceptors (Lipinski definition) is 4. The van der Waals surface area contributed by atoms with Gasteiger partial charge in [0.25, 0.3) is 5.91 Å². The predicted molar refractivity (Wildman–Crippen MR) is 113 cm³/mol. The van der Waals surface area contributed by atoms with Gasteiger partial charge in [0.05, 0.1) is 17.7 Å². The molecule has 26 heavy (non-hydrogen) atoms. The predicted octanol–water partition coefficient (Wildman–Crippen LogP) is 5.25. The highest BCUT2D eigenvalue weighted by Crippen LogP contribution is 2.40. The van der Waals surface area contributed by atoms with Crippen molar-refractivity contribution in [3.8, 4) is 5.75 Å². The summed E-state index contributed by atoms with van der Waals surface area (Å²) in [5, 5.41) is 2.25. The average Bonchev–Trinajstić information content (AvgIpc) is 2.95. The minimum atomic E-state index is -0.127. The molecule has 0 spiro atoms. The fraction of sp³-hybridized carbons (Fsp3) is 0.0476. The molecule has 1 amide bonds. The van der Waals surface area contributed by atoms with Crippen LogP contribution in [0, 0.1) is 0 Å². The Morgan fingerprint density at radius 3 is 2.58 bits per heavy atom. The van der Waals surface area contributed by atoms with Gasteiger partial charge in [-0.05, 0) is 34.5 Å². The maximum absolute atomic E-state index is 13.0. The van der Waals surface area contributed by atoms with Gasteiger partial charge in [-0.15, -0.1) is 0 Å². The molecule has 1 fully saturated rings. The highest BCUT2D eigenvalue weighted by Gasteiger charge is 2.34. The topological polar surface area (TPSA) is 29.5 Å². The summed E-state index contributed by atoms with van der Waals surface area (Å²) in [7, 11) is 1.59. The monoisotopic (exact) mass is 377 g/mol. The molecule has 3 aromatic carbocycles. The van der Waals surface area contributed by atoms with Crippen LogP contribution in [0.25, 0.3) is 16.8 Å². The molecule has 1 saturated heterocycles. The first kappa shape index (κ1) is 16.8. The fourth-order valence-corrected chi connectivity index (χ4v) is 4.28. The lowest BCUT2D eigenvalue weighted by molar-refractivity contribution is -0.113. The number of rotatable bonds is 3. The zero-order chi connectivity index (χ0) is 18.1. The standard InChI is InChI=1S/C21H15NO2S2/c1-24-18-12-5-4-11-17(18)22-20(23)19(26-21(22)25)13-15-9-6-8-14-7-2-3-10-16(14)15/h2-13H,1H3. The van der Waals surface area contributed by atoms with Crippen molar-refractivity contribution < 1.29 is 9.53 Å². The van der Waals surface area contributed by atoms with Crippen LogP contribution in [-0.4, -0.2) is 17.3 Å². The number of hydrogen-bond donors (Lipinski definition) is 0. The Kier molecular flexibility index (Phi) is 4.49. The third-order valence-electron chi connectivity index (χ3n) is 4.23. The Morgan fingerprint density at radius 2 is 1.73 bits per heavy atom. The molecule has 128 valence electrons. The van der Waals surface area contributed by atoms with Crippen LogP contribution in [0.15, 0.2) is 71.6 Å². The minimum Gasteiger partial charge on any atom is -0.495 e. The van der Waals surface area contributed by atoms with Crippen LogP contribution < -0.4 is 9.64 Å². The van der Waals surface area contributed by atoms with Gasteiger partial charge in [-0.25, -0.2) is 0 Å². The maximum atomic E-state index is 13.0. The number of carbonyl (C=O) groups is 1. The number of nitrogens with zero attached hydrogens (tertiary/aromatic N) is 1. The number of thioether (sulfide) groups is 1. The van der Waals surface area contributed by atoms with E-state index in [0.29, 0.717) is 20.7 Å². The number of benzene rings is 3. The van der Waals surface area contributed by atoms with Crippen molar-refractivity contribution in [3.05, 3.63) is 77.2 Å². The Bertz CT molecular complexity index is 1050. The third kappa shape index (κ3) is 2.89. The van der Waals surface area contributed by atoms with Crippen LogP contribution in [0.2, 0.25) is 0 Å².